The van der Waals surface area contributed by atoms with Crippen LogP contribution in [0.25, 0.3) is 0 Å². The predicted octanol–water partition coefficient (Wildman–Crippen LogP) is 3.34. The Bertz CT molecular complexity index is 571. The zero-order valence-electron chi connectivity index (χ0n) is 10.6. The molecule has 0 atom stereocenters. The van der Waals surface area contributed by atoms with Crippen LogP contribution in [0.3, 0.4) is 0 Å². The first-order chi connectivity index (χ1) is 9.17. The molecule has 0 radical (unpaired) electrons. The number of nitrogens with zero attached hydrogens (tertiary/aromatic N) is 3. The lowest BCUT2D eigenvalue weighted by atomic mass is 10.2. The second-order valence-corrected chi connectivity index (χ2v) is 5.75. The van der Waals surface area contributed by atoms with E-state index in [1.54, 1.807) is 11.3 Å². The van der Waals surface area contributed by atoms with Gasteiger partial charge in [-0.25, -0.2) is 4.98 Å². The summed E-state index contributed by atoms with van der Waals surface area (Å²) in [5.41, 5.74) is 2.22. The van der Waals surface area contributed by atoms with Crippen LogP contribution in [0, 0.1) is 11.3 Å². The van der Waals surface area contributed by atoms with Gasteiger partial charge < -0.3 is 0 Å². The van der Waals surface area contributed by atoms with E-state index in [2.05, 4.69) is 16.4 Å². The first-order valence-corrected chi connectivity index (χ1v) is 7.16. The maximum Gasteiger partial charge on any atom is 0.0972 e. The zero-order valence-corrected chi connectivity index (χ0v) is 12.2. The lowest BCUT2D eigenvalue weighted by Gasteiger charge is -2.09. The van der Waals surface area contributed by atoms with E-state index in [9.17, 15) is 0 Å². The van der Waals surface area contributed by atoms with E-state index >= 15 is 0 Å². The molecule has 0 N–H and O–H groups in total. The number of halogens is 1. The standard InChI is InChI=1S/C14H14ClN3S/c1-18(7-6-16)9-13-10-19-14(17-13)8-11-2-4-12(15)5-3-11/h2-5,10H,7-9H2,1H3. The molecule has 2 rings (SSSR count). The number of rotatable bonds is 5. The number of nitriles is 1. The fourth-order valence-electron chi connectivity index (χ4n) is 1.73. The summed E-state index contributed by atoms with van der Waals surface area (Å²) in [4.78, 5) is 6.53. The smallest absolute Gasteiger partial charge is 0.0972 e. The van der Waals surface area contributed by atoms with Crippen LogP contribution in [0.5, 0.6) is 0 Å². The van der Waals surface area contributed by atoms with Gasteiger partial charge in [0.1, 0.15) is 0 Å². The summed E-state index contributed by atoms with van der Waals surface area (Å²) in [5, 5.41) is 12.5. The average molecular weight is 292 g/mol. The van der Waals surface area contributed by atoms with Gasteiger partial charge in [-0.05, 0) is 24.7 Å². The lowest BCUT2D eigenvalue weighted by Crippen LogP contribution is -2.17. The Morgan fingerprint density at radius 1 is 1.37 bits per heavy atom. The molecule has 98 valence electrons. The molecule has 3 nitrogen and oxygen atoms in total. The van der Waals surface area contributed by atoms with Crippen molar-refractivity contribution < 1.29 is 0 Å². The summed E-state index contributed by atoms with van der Waals surface area (Å²) in [6.45, 7) is 1.13. The highest BCUT2D eigenvalue weighted by Crippen LogP contribution is 2.17. The molecule has 0 saturated carbocycles. The molecule has 0 saturated heterocycles. The largest absolute Gasteiger partial charge is 0.288 e. The van der Waals surface area contributed by atoms with Crippen molar-refractivity contribution in [1.82, 2.24) is 9.88 Å². The minimum atomic E-state index is 0.421. The molecule has 0 fully saturated rings. The second kappa shape index (κ2) is 6.67. The number of benzene rings is 1. The molecule has 0 aliphatic carbocycles. The topological polar surface area (TPSA) is 39.9 Å². The number of hydrogen-bond donors (Lipinski definition) is 0. The van der Waals surface area contributed by atoms with E-state index in [0.29, 0.717) is 13.1 Å². The van der Waals surface area contributed by atoms with E-state index in [0.717, 1.165) is 22.1 Å². The van der Waals surface area contributed by atoms with Gasteiger partial charge in [0.05, 0.1) is 23.3 Å². The summed E-state index contributed by atoms with van der Waals surface area (Å²) < 4.78 is 0. The Labute approximate surface area is 122 Å². The van der Waals surface area contributed by atoms with Gasteiger partial charge in [-0.3, -0.25) is 4.90 Å². The highest BCUT2D eigenvalue weighted by molar-refractivity contribution is 7.09. The van der Waals surface area contributed by atoms with Crippen molar-refractivity contribution in [2.75, 3.05) is 13.6 Å². The summed E-state index contributed by atoms with van der Waals surface area (Å²) in [7, 11) is 1.92. The Hall–Kier alpha value is -1.41. The van der Waals surface area contributed by atoms with Crippen LogP contribution in [0.15, 0.2) is 29.6 Å². The minimum Gasteiger partial charge on any atom is -0.288 e. The molecule has 0 spiro atoms. The number of thiazole rings is 1. The van der Waals surface area contributed by atoms with Crippen LogP contribution in [-0.4, -0.2) is 23.5 Å². The molecule has 2 aromatic rings. The Balaban J connectivity index is 1.97. The van der Waals surface area contributed by atoms with E-state index in [4.69, 9.17) is 16.9 Å². The molecule has 1 aromatic heterocycles. The van der Waals surface area contributed by atoms with E-state index in [-0.39, 0.29) is 0 Å². The van der Waals surface area contributed by atoms with Crippen molar-refractivity contribution in [3.05, 3.63) is 50.9 Å². The maximum atomic E-state index is 8.62. The third kappa shape index (κ3) is 4.32. The van der Waals surface area contributed by atoms with Gasteiger partial charge in [0.25, 0.3) is 0 Å². The fraction of sp³-hybridized carbons (Fsp3) is 0.286. The molecule has 0 aliphatic rings. The van der Waals surface area contributed by atoms with Gasteiger partial charge in [0, 0.05) is 23.4 Å². The summed E-state index contributed by atoms with van der Waals surface area (Å²) in [6.07, 6.45) is 0.823. The number of hydrogen-bond acceptors (Lipinski definition) is 4. The molecule has 0 bridgehead atoms. The quantitative estimate of drug-likeness (QED) is 0.793. The second-order valence-electron chi connectivity index (χ2n) is 4.37. The van der Waals surface area contributed by atoms with Crippen LogP contribution < -0.4 is 0 Å². The van der Waals surface area contributed by atoms with E-state index in [1.165, 1.54) is 5.56 Å². The predicted molar refractivity (Wildman–Crippen MR) is 78.3 cm³/mol. The molecular weight excluding hydrogens is 278 g/mol. The van der Waals surface area contributed by atoms with Gasteiger partial charge in [0.15, 0.2) is 0 Å². The SMILES string of the molecule is CN(CC#N)Cc1csc(Cc2ccc(Cl)cc2)n1. The molecular formula is C14H14ClN3S. The van der Waals surface area contributed by atoms with Crippen molar-refractivity contribution in [3.8, 4) is 6.07 Å². The van der Waals surface area contributed by atoms with Crippen molar-refractivity contribution >= 4 is 22.9 Å². The minimum absolute atomic E-state index is 0.421. The Morgan fingerprint density at radius 3 is 2.79 bits per heavy atom. The fourth-order valence-corrected chi connectivity index (χ4v) is 2.68. The Morgan fingerprint density at radius 2 is 2.11 bits per heavy atom. The molecule has 0 unspecified atom stereocenters. The van der Waals surface area contributed by atoms with Gasteiger partial charge in [-0.1, -0.05) is 23.7 Å². The van der Waals surface area contributed by atoms with Crippen LogP contribution in [0.4, 0.5) is 0 Å². The average Bonchev–Trinajstić information content (AvgIpc) is 2.80. The zero-order chi connectivity index (χ0) is 13.7. The van der Waals surface area contributed by atoms with Crippen LogP contribution in [0.2, 0.25) is 5.02 Å². The molecule has 5 heteroatoms. The third-order valence-corrected chi connectivity index (χ3v) is 3.79. The summed E-state index contributed by atoms with van der Waals surface area (Å²) in [6, 6.07) is 9.96. The normalized spacial score (nSPS) is 10.6. The Kier molecular flexibility index (Phi) is 4.92. The molecule has 19 heavy (non-hydrogen) atoms. The summed E-state index contributed by atoms with van der Waals surface area (Å²) >= 11 is 7.52. The summed E-state index contributed by atoms with van der Waals surface area (Å²) in [5.74, 6) is 0. The van der Waals surface area contributed by atoms with E-state index in [1.807, 2.05) is 36.2 Å². The van der Waals surface area contributed by atoms with Gasteiger partial charge in [-0.15, -0.1) is 11.3 Å². The van der Waals surface area contributed by atoms with Crippen LogP contribution in [-0.2, 0) is 13.0 Å². The third-order valence-electron chi connectivity index (χ3n) is 2.64. The van der Waals surface area contributed by atoms with Crippen LogP contribution >= 0.6 is 22.9 Å². The first-order valence-electron chi connectivity index (χ1n) is 5.90. The highest BCUT2D eigenvalue weighted by Gasteiger charge is 2.06. The monoisotopic (exact) mass is 291 g/mol. The van der Waals surface area contributed by atoms with E-state index < -0.39 is 0 Å². The van der Waals surface area contributed by atoms with Crippen molar-refractivity contribution in [2.45, 2.75) is 13.0 Å². The molecule has 1 aromatic carbocycles. The van der Waals surface area contributed by atoms with Crippen molar-refractivity contribution in [3.63, 3.8) is 0 Å². The van der Waals surface area contributed by atoms with Crippen molar-refractivity contribution in [2.24, 2.45) is 0 Å². The molecule has 0 amide bonds. The molecule has 1 heterocycles. The van der Waals surface area contributed by atoms with Crippen LogP contribution in [0.1, 0.15) is 16.3 Å². The van der Waals surface area contributed by atoms with Gasteiger partial charge in [-0.2, -0.15) is 5.26 Å². The highest BCUT2D eigenvalue weighted by atomic mass is 35.5. The van der Waals surface area contributed by atoms with Gasteiger partial charge in [0.2, 0.25) is 0 Å². The number of aromatic nitrogens is 1. The first kappa shape index (κ1) is 14.0. The molecule has 0 aliphatic heterocycles. The van der Waals surface area contributed by atoms with Crippen molar-refractivity contribution in [1.29, 1.82) is 5.26 Å². The lowest BCUT2D eigenvalue weighted by molar-refractivity contribution is 0.363. The maximum absolute atomic E-state index is 8.62. The van der Waals surface area contributed by atoms with Gasteiger partial charge >= 0.3 is 0 Å².